The van der Waals surface area contributed by atoms with Gasteiger partial charge in [-0.15, -0.1) is 0 Å². The van der Waals surface area contributed by atoms with E-state index in [2.05, 4.69) is 6.07 Å². The van der Waals surface area contributed by atoms with Gasteiger partial charge in [-0.3, -0.25) is 0 Å². The third-order valence-corrected chi connectivity index (χ3v) is 4.07. The predicted octanol–water partition coefficient (Wildman–Crippen LogP) is 2.30. The fraction of sp³-hybridized carbons (Fsp3) is 0.333. The molecule has 0 aromatic heterocycles. The Morgan fingerprint density at radius 2 is 1.82 bits per heavy atom. The minimum atomic E-state index is -0.310. The van der Waals surface area contributed by atoms with Gasteiger partial charge in [0, 0.05) is 32.3 Å². The van der Waals surface area contributed by atoms with E-state index in [0.29, 0.717) is 24.3 Å². The van der Waals surface area contributed by atoms with Gasteiger partial charge in [0.15, 0.2) is 6.10 Å². The second-order valence-corrected chi connectivity index (χ2v) is 5.76. The summed E-state index contributed by atoms with van der Waals surface area (Å²) in [5.41, 5.74) is 1.26. The normalized spacial score (nSPS) is 21.6. The first-order chi connectivity index (χ1) is 13.3. The number of benzene rings is 2. The summed E-state index contributed by atoms with van der Waals surface area (Å²) in [5.74, 6) is -0.310. The standard InChI is InChI=1S/C13H14O4.C7H5O.CH4O.V/c14-13(9-4-2-1-3-5-9)17-11-8-16-10-6-7-15-12(10)11;8-6-7-4-2-1-3-5-7;1-2;/h1-5,10-12H,6-8H2;2-6H;2H,1H3;/q;-1;;/t10-,11?,12+;;;/m1.../s1. The summed E-state index contributed by atoms with van der Waals surface area (Å²) in [6.07, 6.45) is 1.46. The van der Waals surface area contributed by atoms with Crippen molar-refractivity contribution in [3.8, 4) is 0 Å². The number of ether oxygens (including phenoxy) is 3. The van der Waals surface area contributed by atoms with Gasteiger partial charge in [0.2, 0.25) is 0 Å². The van der Waals surface area contributed by atoms with Gasteiger partial charge in [0.1, 0.15) is 12.4 Å². The van der Waals surface area contributed by atoms with E-state index in [1.165, 1.54) is 0 Å². The van der Waals surface area contributed by atoms with Crippen LogP contribution in [0.1, 0.15) is 27.1 Å². The Hall–Kier alpha value is -1.96. The molecule has 149 valence electrons. The van der Waals surface area contributed by atoms with E-state index >= 15 is 0 Å². The zero-order valence-electron chi connectivity index (χ0n) is 15.6. The Morgan fingerprint density at radius 1 is 1.14 bits per heavy atom. The minimum absolute atomic E-state index is 0. The van der Waals surface area contributed by atoms with Gasteiger partial charge in [-0.25, -0.2) is 4.79 Å². The molecule has 2 saturated heterocycles. The molecular formula is C21H23O6V-. The molecule has 0 spiro atoms. The number of rotatable bonds is 3. The number of aliphatic hydroxyl groups excluding tert-OH is 1. The van der Waals surface area contributed by atoms with Crippen LogP contribution in [-0.4, -0.2) is 56.0 Å². The number of aldehydes is 1. The molecule has 0 bridgehead atoms. The van der Waals surface area contributed by atoms with Crippen LogP contribution in [-0.2, 0) is 32.8 Å². The molecule has 6 nitrogen and oxygen atoms in total. The molecule has 0 aliphatic carbocycles. The second kappa shape index (κ2) is 13.3. The Balaban J connectivity index is 0.000000303. The molecule has 1 N–H and O–H groups in total. The van der Waals surface area contributed by atoms with Crippen molar-refractivity contribution in [3.63, 3.8) is 0 Å². The Kier molecular flexibility index (Phi) is 11.4. The Labute approximate surface area is 176 Å². The molecule has 0 amide bonds. The van der Waals surface area contributed by atoms with Gasteiger partial charge < -0.3 is 24.1 Å². The van der Waals surface area contributed by atoms with E-state index in [0.717, 1.165) is 19.8 Å². The van der Waals surface area contributed by atoms with Gasteiger partial charge in [-0.1, -0.05) is 23.8 Å². The van der Waals surface area contributed by atoms with Crippen molar-refractivity contribution < 1.29 is 47.5 Å². The van der Waals surface area contributed by atoms with Gasteiger partial charge >= 0.3 is 5.97 Å². The number of hydrogen-bond donors (Lipinski definition) is 1. The molecule has 2 aromatic rings. The Bertz CT molecular complexity index is 695. The molecule has 2 aliphatic heterocycles. The number of esters is 1. The summed E-state index contributed by atoms with van der Waals surface area (Å²) >= 11 is 0. The maximum Gasteiger partial charge on any atom is 0.338 e. The van der Waals surface area contributed by atoms with Crippen LogP contribution >= 0.6 is 0 Å². The molecule has 2 aliphatic rings. The van der Waals surface area contributed by atoms with Crippen molar-refractivity contribution in [3.05, 3.63) is 71.8 Å². The summed E-state index contributed by atoms with van der Waals surface area (Å²) in [6, 6.07) is 18.6. The first-order valence-corrected chi connectivity index (χ1v) is 8.63. The van der Waals surface area contributed by atoms with E-state index in [-0.39, 0.29) is 42.8 Å². The van der Waals surface area contributed by atoms with E-state index in [9.17, 15) is 9.59 Å². The molecular weight excluding hydrogens is 399 g/mol. The van der Waals surface area contributed by atoms with Gasteiger partial charge in [0.25, 0.3) is 0 Å². The number of aliphatic hydroxyl groups is 1. The van der Waals surface area contributed by atoms with Crippen molar-refractivity contribution >= 4 is 12.3 Å². The summed E-state index contributed by atoms with van der Waals surface area (Å²) in [5, 5.41) is 7.00. The number of carbonyl (C=O) groups is 2. The number of carbonyl (C=O) groups excluding carboxylic acids is 2. The fourth-order valence-electron chi connectivity index (χ4n) is 2.79. The molecule has 3 atom stereocenters. The third-order valence-electron chi connectivity index (χ3n) is 4.07. The number of hydrogen-bond acceptors (Lipinski definition) is 6. The third kappa shape index (κ3) is 6.89. The van der Waals surface area contributed by atoms with Crippen molar-refractivity contribution in [1.82, 2.24) is 0 Å². The molecule has 1 unspecified atom stereocenters. The molecule has 4 rings (SSSR count). The fourth-order valence-corrected chi connectivity index (χ4v) is 2.79. The molecule has 28 heavy (non-hydrogen) atoms. The van der Waals surface area contributed by atoms with Crippen LogP contribution in [0.5, 0.6) is 0 Å². The second-order valence-electron chi connectivity index (χ2n) is 5.76. The first-order valence-electron chi connectivity index (χ1n) is 8.63. The van der Waals surface area contributed by atoms with Crippen LogP contribution in [0.15, 0.2) is 54.6 Å². The smallest absolute Gasteiger partial charge is 0.338 e. The van der Waals surface area contributed by atoms with E-state index in [1.807, 2.05) is 18.2 Å². The van der Waals surface area contributed by atoms with Crippen molar-refractivity contribution in [2.45, 2.75) is 24.7 Å². The van der Waals surface area contributed by atoms with E-state index < -0.39 is 0 Å². The van der Waals surface area contributed by atoms with E-state index in [4.69, 9.17) is 19.3 Å². The summed E-state index contributed by atoms with van der Waals surface area (Å²) < 4.78 is 16.5. The van der Waals surface area contributed by atoms with Crippen molar-refractivity contribution in [2.24, 2.45) is 0 Å². The van der Waals surface area contributed by atoms with E-state index in [1.54, 1.807) is 36.4 Å². The largest absolute Gasteiger partial charge is 0.453 e. The SMILES string of the molecule is CO.O=C(OC1CO[C@@H]2CCO[C@H]12)c1ccccc1.O=Cc1cc[c-]cc1.[V]. The van der Waals surface area contributed by atoms with Gasteiger partial charge in [0.05, 0.1) is 18.3 Å². The minimum Gasteiger partial charge on any atom is -0.453 e. The number of fused-ring (bicyclic) bond motifs is 1. The molecule has 1 radical (unpaired) electrons. The topological polar surface area (TPSA) is 82.1 Å². The Morgan fingerprint density at radius 3 is 2.43 bits per heavy atom. The predicted molar refractivity (Wildman–Crippen MR) is 98.6 cm³/mol. The van der Waals surface area contributed by atoms with Gasteiger partial charge in [-0.05, 0) is 18.6 Å². The monoisotopic (exact) mass is 422 g/mol. The van der Waals surface area contributed by atoms with Crippen LogP contribution in [0.2, 0.25) is 0 Å². The average molecular weight is 422 g/mol. The van der Waals surface area contributed by atoms with Crippen molar-refractivity contribution in [2.75, 3.05) is 20.3 Å². The summed E-state index contributed by atoms with van der Waals surface area (Å²) in [4.78, 5) is 21.8. The summed E-state index contributed by atoms with van der Waals surface area (Å²) in [6.45, 7) is 1.13. The maximum atomic E-state index is 11.9. The summed E-state index contributed by atoms with van der Waals surface area (Å²) in [7, 11) is 1.00. The quantitative estimate of drug-likeness (QED) is 0.465. The molecule has 2 heterocycles. The molecule has 2 aromatic carbocycles. The first kappa shape index (κ1) is 24.1. The van der Waals surface area contributed by atoms with Crippen LogP contribution in [0.25, 0.3) is 0 Å². The van der Waals surface area contributed by atoms with Crippen molar-refractivity contribution in [1.29, 1.82) is 0 Å². The van der Waals surface area contributed by atoms with Crippen LogP contribution < -0.4 is 0 Å². The molecule has 2 fully saturated rings. The van der Waals surface area contributed by atoms with Crippen LogP contribution in [0, 0.1) is 6.07 Å². The van der Waals surface area contributed by atoms with Gasteiger partial charge in [-0.2, -0.15) is 30.3 Å². The maximum absolute atomic E-state index is 11.9. The molecule has 7 heteroatoms. The van der Waals surface area contributed by atoms with Crippen LogP contribution in [0.4, 0.5) is 0 Å². The van der Waals surface area contributed by atoms with Crippen LogP contribution in [0.3, 0.4) is 0 Å². The average Bonchev–Trinajstić information content (AvgIpc) is 3.36. The zero-order valence-corrected chi connectivity index (χ0v) is 17.0. The zero-order chi connectivity index (χ0) is 19.5. The molecule has 0 saturated carbocycles.